The van der Waals surface area contributed by atoms with Crippen molar-refractivity contribution >= 4 is 67.2 Å². The van der Waals surface area contributed by atoms with Crippen LogP contribution in [0.25, 0.3) is 11.0 Å². The summed E-state index contributed by atoms with van der Waals surface area (Å²) in [5.74, 6) is -0.303. The van der Waals surface area contributed by atoms with E-state index in [-0.39, 0.29) is 29.8 Å². The molecule has 0 radical (unpaired) electrons. The highest BCUT2D eigenvalue weighted by Gasteiger charge is 2.58. The van der Waals surface area contributed by atoms with Crippen LogP contribution in [-0.2, 0) is 29.1 Å². The number of carbonyl (C=O) groups excluding carboxylic acids is 2. The predicted octanol–water partition coefficient (Wildman–Crippen LogP) is 0.682. The number of ether oxygens (including phenoxy) is 1. The highest BCUT2D eigenvalue weighted by Crippen LogP contribution is 2.33. The van der Waals surface area contributed by atoms with Crippen LogP contribution in [0.2, 0.25) is 0 Å². The normalized spacial score (nSPS) is 17.0. The second kappa shape index (κ2) is 12.6. The van der Waals surface area contributed by atoms with Gasteiger partial charge in [0.05, 0.1) is 16.6 Å². The van der Waals surface area contributed by atoms with Gasteiger partial charge in [-0.3, -0.25) is 14.1 Å². The Bertz CT molecular complexity index is 1550. The fraction of sp³-hybridized carbons (Fsp3) is 0.409. The zero-order chi connectivity index (χ0) is 29.8. The third-order valence-electron chi connectivity index (χ3n) is 5.72. The van der Waals surface area contributed by atoms with Crippen LogP contribution in [0, 0.1) is 0 Å². The Morgan fingerprint density at radius 2 is 2.12 bits per heavy atom. The maximum atomic E-state index is 13.1. The lowest BCUT2D eigenvalue weighted by atomic mass is 9.84. The molecule has 0 aliphatic carbocycles. The number of benzene rings is 1. The van der Waals surface area contributed by atoms with Crippen LogP contribution in [0.1, 0.15) is 26.0 Å². The first-order valence-corrected chi connectivity index (χ1v) is 15.3. The molecule has 1 aliphatic heterocycles. The Morgan fingerprint density at radius 3 is 2.78 bits per heavy atom. The average Bonchev–Trinajstić information content (AvgIpc) is 3.52. The number of nitrogens with zero attached hydrogens (tertiary/aromatic N) is 4. The fourth-order valence-corrected chi connectivity index (χ4v) is 5.55. The number of thiazole rings is 1. The van der Waals surface area contributed by atoms with Gasteiger partial charge in [0.25, 0.3) is 11.8 Å². The standard InChI is InChI=1S/C22H28N8O8S3/c1-22(2)17(19(32)30(22)38-41(33,34)35)28-18(31)16(15-11-40-20(24)25-15)29-37-8-7-36-12-4-5-13-14(10-12)27-21(26-13)39-9-3-6-23/h4-5,10-11,17H,3,6-9,23H2,1-2H3,(H2,24,25)(H,26,27)(H,28,31)(H,33,34,35)/b29-16-. The number of imidazole rings is 1. The number of nitrogens with two attached hydrogens (primary N) is 2. The first kappa shape index (κ1) is 30.5. The lowest BCUT2D eigenvalue weighted by Crippen LogP contribution is -2.76. The summed E-state index contributed by atoms with van der Waals surface area (Å²) >= 11 is 2.65. The fourth-order valence-electron chi connectivity index (χ4n) is 3.70. The monoisotopic (exact) mass is 628 g/mol. The molecule has 16 nitrogen and oxygen atoms in total. The maximum absolute atomic E-state index is 13.1. The van der Waals surface area contributed by atoms with E-state index in [0.717, 1.165) is 39.7 Å². The van der Waals surface area contributed by atoms with E-state index in [1.165, 1.54) is 19.2 Å². The van der Waals surface area contributed by atoms with Crippen LogP contribution in [-0.4, -0.2) is 87.6 Å². The quantitative estimate of drug-likeness (QED) is 0.0413. The topological polar surface area (TPSA) is 237 Å². The third-order valence-corrected chi connectivity index (χ3v) is 7.69. The zero-order valence-electron chi connectivity index (χ0n) is 21.9. The zero-order valence-corrected chi connectivity index (χ0v) is 24.3. The van der Waals surface area contributed by atoms with Gasteiger partial charge in [-0.2, -0.15) is 13.5 Å². The minimum absolute atomic E-state index is 0.0402. The highest BCUT2D eigenvalue weighted by molar-refractivity contribution is 7.99. The number of anilines is 1. The molecule has 2 amide bonds. The number of hydrogen-bond donors (Lipinski definition) is 5. The molecule has 1 fully saturated rings. The molecule has 4 rings (SSSR count). The maximum Gasteiger partial charge on any atom is 0.418 e. The van der Waals surface area contributed by atoms with Gasteiger partial charge in [-0.1, -0.05) is 16.9 Å². The Labute approximate surface area is 242 Å². The lowest BCUT2D eigenvalue weighted by molar-refractivity contribution is -0.218. The molecular weight excluding hydrogens is 600 g/mol. The molecule has 0 saturated carbocycles. The molecule has 1 aliphatic rings. The molecular formula is C22H28N8O8S3. The molecule has 222 valence electrons. The number of nitrogens with one attached hydrogen (secondary N) is 2. The van der Waals surface area contributed by atoms with E-state index >= 15 is 0 Å². The molecule has 1 aromatic carbocycles. The first-order chi connectivity index (χ1) is 19.4. The second-order valence-electron chi connectivity index (χ2n) is 9.10. The second-order valence-corrected chi connectivity index (χ2v) is 12.1. The molecule has 1 saturated heterocycles. The Hall–Kier alpha value is -3.49. The Kier molecular flexibility index (Phi) is 9.34. The number of hydroxylamine groups is 2. The number of aromatic nitrogens is 3. The minimum Gasteiger partial charge on any atom is -0.490 e. The summed E-state index contributed by atoms with van der Waals surface area (Å²) in [7, 11) is -4.94. The van der Waals surface area contributed by atoms with Crippen molar-refractivity contribution in [1.29, 1.82) is 0 Å². The number of β-lactam (4-membered cyclic amide) rings is 1. The van der Waals surface area contributed by atoms with Crippen molar-refractivity contribution in [3.05, 3.63) is 29.3 Å². The van der Waals surface area contributed by atoms with Gasteiger partial charge in [0.15, 0.2) is 22.6 Å². The van der Waals surface area contributed by atoms with Crippen LogP contribution in [0.4, 0.5) is 5.13 Å². The van der Waals surface area contributed by atoms with Gasteiger partial charge in [-0.15, -0.1) is 15.6 Å². The number of fused-ring (bicyclic) bond motifs is 1. The van der Waals surface area contributed by atoms with Gasteiger partial charge >= 0.3 is 10.4 Å². The van der Waals surface area contributed by atoms with Gasteiger partial charge in [0, 0.05) is 17.2 Å². The van der Waals surface area contributed by atoms with E-state index < -0.39 is 33.8 Å². The van der Waals surface area contributed by atoms with E-state index in [2.05, 4.69) is 29.7 Å². The molecule has 41 heavy (non-hydrogen) atoms. The van der Waals surface area contributed by atoms with Crippen molar-refractivity contribution in [2.75, 3.05) is 31.2 Å². The third kappa shape index (κ3) is 7.43. The molecule has 0 bridgehead atoms. The first-order valence-electron chi connectivity index (χ1n) is 12.1. The summed E-state index contributed by atoms with van der Waals surface area (Å²) in [6.45, 7) is 3.52. The SMILES string of the molecule is CC1(C)C(NC(=O)/C(=N\OCCOc2ccc3nc(SCCCN)[nH]c3c2)c2csc(N)n2)C(=O)N1OS(=O)(=O)O. The van der Waals surface area contributed by atoms with Crippen LogP contribution in [0.3, 0.4) is 0 Å². The molecule has 0 spiro atoms. The van der Waals surface area contributed by atoms with Crippen molar-refractivity contribution in [1.82, 2.24) is 25.3 Å². The molecule has 3 heterocycles. The van der Waals surface area contributed by atoms with E-state index in [4.69, 9.17) is 25.6 Å². The summed E-state index contributed by atoms with van der Waals surface area (Å²) in [5.41, 5.74) is 11.4. The number of rotatable bonds is 14. The van der Waals surface area contributed by atoms with Gasteiger partial charge in [-0.05, 0) is 38.9 Å². The van der Waals surface area contributed by atoms with E-state index in [9.17, 15) is 18.0 Å². The Balaban J connectivity index is 1.36. The summed E-state index contributed by atoms with van der Waals surface area (Å²) in [6.07, 6.45) is 0.888. The molecule has 2 aromatic heterocycles. The predicted molar refractivity (Wildman–Crippen MR) is 150 cm³/mol. The van der Waals surface area contributed by atoms with Crippen LogP contribution in [0.15, 0.2) is 33.9 Å². The number of nitrogen functional groups attached to an aromatic ring is 1. The number of oxime groups is 1. The minimum atomic E-state index is -4.94. The number of hydrogen-bond acceptors (Lipinski definition) is 14. The van der Waals surface area contributed by atoms with Crippen LogP contribution >= 0.6 is 23.1 Å². The van der Waals surface area contributed by atoms with Crippen LogP contribution in [0.5, 0.6) is 5.75 Å². The molecule has 1 atom stereocenters. The van der Waals surface area contributed by atoms with Crippen molar-refractivity contribution in [2.24, 2.45) is 10.9 Å². The van der Waals surface area contributed by atoms with Gasteiger partial charge in [0.1, 0.15) is 24.1 Å². The van der Waals surface area contributed by atoms with Crippen molar-refractivity contribution in [3.8, 4) is 5.75 Å². The largest absolute Gasteiger partial charge is 0.490 e. The summed E-state index contributed by atoms with van der Waals surface area (Å²) in [4.78, 5) is 42.6. The van der Waals surface area contributed by atoms with Gasteiger partial charge < -0.3 is 31.3 Å². The number of H-pyrrole nitrogens is 1. The number of thioether (sulfide) groups is 1. The van der Waals surface area contributed by atoms with E-state index in [0.29, 0.717) is 17.4 Å². The Morgan fingerprint density at radius 1 is 1.34 bits per heavy atom. The molecule has 19 heteroatoms. The number of carbonyl (C=O) groups is 2. The van der Waals surface area contributed by atoms with Crippen molar-refractivity contribution < 1.29 is 36.4 Å². The summed E-state index contributed by atoms with van der Waals surface area (Å²) in [6, 6.07) is 4.21. The van der Waals surface area contributed by atoms with Crippen molar-refractivity contribution in [3.63, 3.8) is 0 Å². The summed E-state index contributed by atoms with van der Waals surface area (Å²) < 4.78 is 41.0. The number of amides is 2. The molecule has 7 N–H and O–H groups in total. The summed E-state index contributed by atoms with van der Waals surface area (Å²) in [5, 5.41) is 9.24. The highest BCUT2D eigenvalue weighted by atomic mass is 32.3. The molecule has 3 aromatic rings. The van der Waals surface area contributed by atoms with Crippen LogP contribution < -0.4 is 21.5 Å². The van der Waals surface area contributed by atoms with Crippen molar-refractivity contribution in [2.45, 2.75) is 37.0 Å². The molecule has 1 unspecified atom stereocenters. The van der Waals surface area contributed by atoms with E-state index in [1.54, 1.807) is 17.8 Å². The average molecular weight is 629 g/mol. The number of aromatic amines is 1. The smallest absolute Gasteiger partial charge is 0.418 e. The van der Waals surface area contributed by atoms with Gasteiger partial charge in [-0.25, -0.2) is 9.97 Å². The van der Waals surface area contributed by atoms with Gasteiger partial charge in [0.2, 0.25) is 0 Å². The van der Waals surface area contributed by atoms with E-state index in [1.807, 2.05) is 12.1 Å². The lowest BCUT2D eigenvalue weighted by Gasteiger charge is -2.50.